The van der Waals surface area contributed by atoms with Crippen LogP contribution in [0, 0.1) is 0 Å². The van der Waals surface area contributed by atoms with Crippen molar-refractivity contribution >= 4 is 34.3 Å². The number of aromatic nitrogens is 1. The van der Waals surface area contributed by atoms with Crippen LogP contribution in [0.3, 0.4) is 0 Å². The number of anilines is 1. The van der Waals surface area contributed by atoms with Crippen molar-refractivity contribution in [1.82, 2.24) is 4.98 Å². The van der Waals surface area contributed by atoms with E-state index in [2.05, 4.69) is 4.98 Å². The molecular formula is C19H18N2O2S. The summed E-state index contributed by atoms with van der Waals surface area (Å²) in [5, 5.41) is 0.743. The Bertz CT molecular complexity index is 844. The maximum Gasteiger partial charge on any atom is 0.319 e. The van der Waals surface area contributed by atoms with Gasteiger partial charge in [0.2, 0.25) is 0 Å². The van der Waals surface area contributed by atoms with Crippen LogP contribution in [0.4, 0.5) is 5.69 Å². The van der Waals surface area contributed by atoms with Gasteiger partial charge < -0.3 is 10.5 Å². The molecule has 3 aromatic rings. The van der Waals surface area contributed by atoms with Crippen molar-refractivity contribution in [3.63, 3.8) is 0 Å². The zero-order valence-corrected chi connectivity index (χ0v) is 14.1. The number of carbonyl (C=O) groups is 1. The summed E-state index contributed by atoms with van der Waals surface area (Å²) in [6.07, 6.45) is 1.74. The van der Waals surface area contributed by atoms with Gasteiger partial charge >= 0.3 is 5.97 Å². The molecule has 24 heavy (non-hydrogen) atoms. The van der Waals surface area contributed by atoms with E-state index < -0.39 is 0 Å². The summed E-state index contributed by atoms with van der Waals surface area (Å²) in [5.74, 6) is -0.246. The lowest BCUT2D eigenvalue weighted by Crippen LogP contribution is -2.16. The summed E-state index contributed by atoms with van der Waals surface area (Å²) in [5.41, 5.74) is 8.15. The number of fused-ring (bicyclic) bond motifs is 1. The van der Waals surface area contributed by atoms with Crippen molar-refractivity contribution in [2.45, 2.75) is 23.7 Å². The minimum Gasteiger partial charge on any atom is -0.460 e. The van der Waals surface area contributed by atoms with E-state index in [1.807, 2.05) is 61.5 Å². The van der Waals surface area contributed by atoms with Crippen LogP contribution >= 0.6 is 11.8 Å². The molecule has 5 heteroatoms. The van der Waals surface area contributed by atoms with Crippen molar-refractivity contribution in [3.05, 3.63) is 66.4 Å². The Labute approximate surface area is 145 Å². The van der Waals surface area contributed by atoms with Gasteiger partial charge in [0.05, 0.1) is 5.52 Å². The molecule has 0 unspecified atom stereocenters. The number of pyridine rings is 1. The van der Waals surface area contributed by atoms with Gasteiger partial charge in [-0.15, -0.1) is 11.8 Å². The Morgan fingerprint density at radius 2 is 1.92 bits per heavy atom. The van der Waals surface area contributed by atoms with E-state index in [-0.39, 0.29) is 17.8 Å². The first-order valence-electron chi connectivity index (χ1n) is 7.65. The van der Waals surface area contributed by atoms with E-state index in [1.165, 1.54) is 11.8 Å². The fourth-order valence-corrected chi connectivity index (χ4v) is 3.21. The average Bonchev–Trinajstić information content (AvgIpc) is 2.61. The molecule has 0 aliphatic rings. The van der Waals surface area contributed by atoms with Crippen LogP contribution in [-0.2, 0) is 16.1 Å². The van der Waals surface area contributed by atoms with Crippen LogP contribution in [0.25, 0.3) is 10.9 Å². The van der Waals surface area contributed by atoms with Gasteiger partial charge in [0.15, 0.2) is 0 Å². The van der Waals surface area contributed by atoms with E-state index >= 15 is 0 Å². The van der Waals surface area contributed by atoms with Gasteiger partial charge in [0.25, 0.3) is 0 Å². The van der Waals surface area contributed by atoms with Crippen molar-refractivity contribution in [2.24, 2.45) is 0 Å². The Hall–Kier alpha value is -2.53. The molecule has 1 aromatic heterocycles. The molecule has 1 atom stereocenters. The number of ether oxygens (including phenoxy) is 1. The second kappa shape index (κ2) is 7.36. The molecule has 3 rings (SSSR count). The smallest absolute Gasteiger partial charge is 0.319 e. The van der Waals surface area contributed by atoms with Crippen molar-refractivity contribution in [3.8, 4) is 0 Å². The highest BCUT2D eigenvalue weighted by Gasteiger charge is 2.16. The Morgan fingerprint density at radius 3 is 2.71 bits per heavy atom. The third kappa shape index (κ3) is 3.86. The number of esters is 1. The molecule has 0 aliphatic carbocycles. The van der Waals surface area contributed by atoms with Gasteiger partial charge in [-0.1, -0.05) is 24.3 Å². The molecule has 2 N–H and O–H groups in total. The predicted octanol–water partition coefficient (Wildman–Crippen LogP) is 4.04. The maximum absolute atomic E-state index is 12.2. The molecule has 0 saturated carbocycles. The first-order valence-corrected chi connectivity index (χ1v) is 8.53. The summed E-state index contributed by atoms with van der Waals surface area (Å²) in [7, 11) is 0. The summed E-state index contributed by atoms with van der Waals surface area (Å²) < 4.78 is 5.47. The number of para-hydroxylation sites is 1. The second-order valence-corrected chi connectivity index (χ2v) is 6.84. The van der Waals surface area contributed by atoms with E-state index in [4.69, 9.17) is 10.5 Å². The topological polar surface area (TPSA) is 65.2 Å². The summed E-state index contributed by atoms with van der Waals surface area (Å²) >= 11 is 1.45. The number of benzene rings is 2. The zero-order chi connectivity index (χ0) is 16.9. The molecule has 0 radical (unpaired) electrons. The number of carbonyl (C=O) groups excluding carboxylic acids is 1. The van der Waals surface area contributed by atoms with Gasteiger partial charge in [0, 0.05) is 27.7 Å². The Balaban J connectivity index is 1.63. The molecule has 4 nitrogen and oxygen atoms in total. The predicted molar refractivity (Wildman–Crippen MR) is 97.7 cm³/mol. The molecule has 0 saturated heterocycles. The number of nitrogens with two attached hydrogens (primary N) is 1. The van der Waals surface area contributed by atoms with Crippen LogP contribution < -0.4 is 5.73 Å². The van der Waals surface area contributed by atoms with E-state index in [1.54, 1.807) is 6.20 Å². The third-order valence-electron chi connectivity index (χ3n) is 3.61. The lowest BCUT2D eigenvalue weighted by Gasteiger charge is -2.12. The third-order valence-corrected chi connectivity index (χ3v) is 4.70. The molecule has 2 aromatic carbocycles. The number of hydrogen-bond acceptors (Lipinski definition) is 5. The number of rotatable bonds is 5. The lowest BCUT2D eigenvalue weighted by atomic mass is 10.1. The number of hydrogen-bond donors (Lipinski definition) is 1. The highest BCUT2D eigenvalue weighted by molar-refractivity contribution is 8.00. The lowest BCUT2D eigenvalue weighted by molar-refractivity contribution is -0.143. The fourth-order valence-electron chi connectivity index (χ4n) is 2.35. The van der Waals surface area contributed by atoms with E-state index in [9.17, 15) is 4.79 Å². The van der Waals surface area contributed by atoms with E-state index in [0.717, 1.165) is 21.4 Å². The van der Waals surface area contributed by atoms with Crippen molar-refractivity contribution in [2.75, 3.05) is 5.73 Å². The van der Waals surface area contributed by atoms with Gasteiger partial charge in [-0.25, -0.2) is 0 Å². The first-order chi connectivity index (χ1) is 11.6. The van der Waals surface area contributed by atoms with Gasteiger partial charge in [-0.3, -0.25) is 9.78 Å². The second-order valence-electron chi connectivity index (χ2n) is 5.43. The van der Waals surface area contributed by atoms with Gasteiger partial charge in [-0.05, 0) is 37.3 Å². The number of nitrogens with zero attached hydrogens (tertiary/aromatic N) is 1. The molecular weight excluding hydrogens is 320 g/mol. The molecule has 0 fully saturated rings. The standard InChI is InChI=1S/C19H18N2O2S/c1-13(24-17-9-7-16(20)8-10-17)19(22)23-12-15-5-2-4-14-6-3-11-21-18(14)15/h2-11,13H,12,20H2,1H3/t13-/m1/s1. The van der Waals surface area contributed by atoms with Crippen molar-refractivity contribution in [1.29, 1.82) is 0 Å². The molecule has 0 bridgehead atoms. The Morgan fingerprint density at radius 1 is 1.17 bits per heavy atom. The SMILES string of the molecule is C[C@@H](Sc1ccc(N)cc1)C(=O)OCc1cccc2cccnc12. The highest BCUT2D eigenvalue weighted by Crippen LogP contribution is 2.25. The number of thioether (sulfide) groups is 1. The Kier molecular flexibility index (Phi) is 5.01. The van der Waals surface area contributed by atoms with Crippen LogP contribution in [0.2, 0.25) is 0 Å². The first kappa shape index (κ1) is 16.3. The van der Waals surface area contributed by atoms with Crippen LogP contribution in [0.5, 0.6) is 0 Å². The normalized spacial score (nSPS) is 12.0. The van der Waals surface area contributed by atoms with Crippen LogP contribution in [0.1, 0.15) is 12.5 Å². The summed E-state index contributed by atoms with van der Waals surface area (Å²) in [6.45, 7) is 2.06. The molecule has 122 valence electrons. The maximum atomic E-state index is 12.2. The van der Waals surface area contributed by atoms with Crippen LogP contribution in [0.15, 0.2) is 65.7 Å². The summed E-state index contributed by atoms with van der Waals surface area (Å²) in [6, 6.07) is 17.2. The molecule has 0 aliphatic heterocycles. The minimum absolute atomic E-state index is 0.222. The minimum atomic E-state index is -0.295. The fraction of sp³-hybridized carbons (Fsp3) is 0.158. The zero-order valence-electron chi connectivity index (χ0n) is 13.3. The largest absolute Gasteiger partial charge is 0.460 e. The quantitative estimate of drug-likeness (QED) is 0.432. The van der Waals surface area contributed by atoms with Gasteiger partial charge in [-0.2, -0.15) is 0 Å². The monoisotopic (exact) mass is 338 g/mol. The van der Waals surface area contributed by atoms with E-state index in [0.29, 0.717) is 5.69 Å². The molecule has 1 heterocycles. The molecule has 0 amide bonds. The molecule has 0 spiro atoms. The number of nitrogen functional groups attached to an aromatic ring is 1. The average molecular weight is 338 g/mol. The van der Waals surface area contributed by atoms with Crippen LogP contribution in [-0.4, -0.2) is 16.2 Å². The van der Waals surface area contributed by atoms with Gasteiger partial charge in [0.1, 0.15) is 11.9 Å². The van der Waals surface area contributed by atoms with Crippen molar-refractivity contribution < 1.29 is 9.53 Å². The highest BCUT2D eigenvalue weighted by atomic mass is 32.2. The summed E-state index contributed by atoms with van der Waals surface area (Å²) in [4.78, 5) is 17.6.